The monoisotopic (exact) mass is 347 g/mol. The van der Waals surface area contributed by atoms with Gasteiger partial charge >= 0.3 is 5.97 Å². The first-order valence-electron chi connectivity index (χ1n) is 7.67. The summed E-state index contributed by atoms with van der Waals surface area (Å²) < 4.78 is 20.8. The zero-order valence-corrected chi connectivity index (χ0v) is 14.6. The Morgan fingerprint density at radius 2 is 2.12 bits per heavy atom. The predicted octanol–water partition coefficient (Wildman–Crippen LogP) is 3.78. The summed E-state index contributed by atoms with van der Waals surface area (Å²) in [6.45, 7) is 5.69. The number of aromatic nitrogens is 3. The third-order valence-electron chi connectivity index (χ3n) is 3.88. The predicted molar refractivity (Wildman–Crippen MR) is 89.6 cm³/mol. The highest BCUT2D eigenvalue weighted by atomic mass is 32.1. The normalized spacial score (nSPS) is 12.5. The molecule has 0 radical (unpaired) electrons. The molecule has 5 nitrogen and oxygen atoms in total. The lowest BCUT2D eigenvalue weighted by Gasteiger charge is -2.12. The van der Waals surface area contributed by atoms with Crippen molar-refractivity contribution < 1.29 is 13.9 Å². The Morgan fingerprint density at radius 3 is 2.88 bits per heavy atom. The SMILES string of the molecule is Cc1nn2c(COC(=O)C[C@@H](C)c3ccccc3F)c(C)nc2s1. The van der Waals surface area contributed by atoms with E-state index in [4.69, 9.17) is 4.74 Å². The molecule has 0 spiro atoms. The number of halogens is 1. The third kappa shape index (κ3) is 3.31. The molecule has 7 heteroatoms. The molecule has 0 unspecified atom stereocenters. The number of carbonyl (C=O) groups excluding carboxylic acids is 1. The topological polar surface area (TPSA) is 56.5 Å². The zero-order valence-electron chi connectivity index (χ0n) is 13.7. The molecule has 0 amide bonds. The summed E-state index contributed by atoms with van der Waals surface area (Å²) in [7, 11) is 0. The number of benzene rings is 1. The van der Waals surface area contributed by atoms with Crippen LogP contribution in [0.25, 0.3) is 4.96 Å². The van der Waals surface area contributed by atoms with E-state index in [9.17, 15) is 9.18 Å². The second-order valence-corrected chi connectivity index (χ2v) is 6.91. The molecular formula is C17H18FN3O2S. The van der Waals surface area contributed by atoms with Crippen LogP contribution in [0.2, 0.25) is 0 Å². The van der Waals surface area contributed by atoms with E-state index in [0.717, 1.165) is 21.4 Å². The highest BCUT2D eigenvalue weighted by Gasteiger charge is 2.18. The van der Waals surface area contributed by atoms with Crippen molar-refractivity contribution in [2.75, 3.05) is 0 Å². The highest BCUT2D eigenvalue weighted by molar-refractivity contribution is 7.16. The lowest BCUT2D eigenvalue weighted by molar-refractivity contribution is -0.145. The van der Waals surface area contributed by atoms with Gasteiger partial charge in [-0.2, -0.15) is 5.10 Å². The number of hydrogen-bond acceptors (Lipinski definition) is 5. The molecule has 2 aromatic heterocycles. The maximum atomic E-state index is 13.8. The van der Waals surface area contributed by atoms with E-state index in [1.807, 2.05) is 20.8 Å². The van der Waals surface area contributed by atoms with Gasteiger partial charge in [-0.05, 0) is 31.4 Å². The minimum absolute atomic E-state index is 0.110. The van der Waals surface area contributed by atoms with E-state index in [0.29, 0.717) is 5.56 Å². The van der Waals surface area contributed by atoms with Crippen molar-refractivity contribution in [3.8, 4) is 0 Å². The van der Waals surface area contributed by atoms with Crippen LogP contribution in [-0.2, 0) is 16.1 Å². The minimum Gasteiger partial charge on any atom is -0.459 e. The molecule has 24 heavy (non-hydrogen) atoms. The van der Waals surface area contributed by atoms with Crippen molar-refractivity contribution in [1.29, 1.82) is 0 Å². The Kier molecular flexibility index (Phi) is 4.62. The van der Waals surface area contributed by atoms with Crippen molar-refractivity contribution in [1.82, 2.24) is 14.6 Å². The van der Waals surface area contributed by atoms with Crippen LogP contribution in [0.15, 0.2) is 24.3 Å². The summed E-state index contributed by atoms with van der Waals surface area (Å²) in [5.74, 6) is -0.914. The molecule has 3 rings (SSSR count). The van der Waals surface area contributed by atoms with Crippen LogP contribution < -0.4 is 0 Å². The van der Waals surface area contributed by atoms with E-state index < -0.39 is 0 Å². The van der Waals surface area contributed by atoms with Gasteiger partial charge in [-0.3, -0.25) is 4.79 Å². The number of ether oxygens (including phenoxy) is 1. The van der Waals surface area contributed by atoms with Gasteiger partial charge in [0.05, 0.1) is 12.1 Å². The van der Waals surface area contributed by atoms with Gasteiger partial charge in [-0.1, -0.05) is 36.5 Å². The average Bonchev–Trinajstić information content (AvgIpc) is 3.00. The Labute approximate surface area is 143 Å². The number of esters is 1. The van der Waals surface area contributed by atoms with Crippen LogP contribution in [-0.4, -0.2) is 20.6 Å². The van der Waals surface area contributed by atoms with Crippen LogP contribution in [0.1, 0.15) is 41.2 Å². The van der Waals surface area contributed by atoms with Crippen LogP contribution in [0, 0.1) is 19.7 Å². The maximum absolute atomic E-state index is 13.8. The van der Waals surface area contributed by atoms with Crippen molar-refractivity contribution in [2.45, 2.75) is 39.7 Å². The standard InChI is InChI=1S/C17H18FN3O2S/c1-10(13-6-4-5-7-14(13)18)8-16(22)23-9-15-11(2)19-17-21(15)20-12(3)24-17/h4-7,10H,8-9H2,1-3H3/t10-/m1/s1. The minimum atomic E-state index is -0.368. The number of aryl methyl sites for hydroxylation is 2. The van der Waals surface area contributed by atoms with Crippen molar-refractivity contribution >= 4 is 22.3 Å². The first kappa shape index (κ1) is 16.6. The summed E-state index contributed by atoms with van der Waals surface area (Å²) >= 11 is 1.49. The van der Waals surface area contributed by atoms with Crippen molar-refractivity contribution in [3.63, 3.8) is 0 Å². The van der Waals surface area contributed by atoms with Gasteiger partial charge in [0.1, 0.15) is 23.1 Å². The third-order valence-corrected chi connectivity index (χ3v) is 4.70. The molecule has 0 saturated heterocycles. The molecule has 0 aliphatic heterocycles. The number of nitrogens with zero attached hydrogens (tertiary/aromatic N) is 3. The summed E-state index contributed by atoms with van der Waals surface area (Å²) in [4.78, 5) is 17.3. The number of carbonyl (C=O) groups is 1. The number of rotatable bonds is 5. The Bertz CT molecular complexity index is 887. The molecule has 2 heterocycles. The van der Waals surface area contributed by atoms with Gasteiger partial charge < -0.3 is 4.74 Å². The van der Waals surface area contributed by atoms with Gasteiger partial charge in [0.2, 0.25) is 4.96 Å². The van der Waals surface area contributed by atoms with E-state index in [-0.39, 0.29) is 30.7 Å². The molecular weight excluding hydrogens is 329 g/mol. The molecule has 0 N–H and O–H groups in total. The fourth-order valence-corrected chi connectivity index (χ4v) is 3.40. The second-order valence-electron chi connectivity index (χ2n) is 5.75. The largest absolute Gasteiger partial charge is 0.459 e. The van der Waals surface area contributed by atoms with Crippen molar-refractivity contribution in [2.24, 2.45) is 0 Å². The first-order valence-corrected chi connectivity index (χ1v) is 8.49. The summed E-state index contributed by atoms with van der Waals surface area (Å²) in [6, 6.07) is 6.48. The van der Waals surface area contributed by atoms with Gasteiger partial charge in [0.15, 0.2) is 0 Å². The van der Waals surface area contributed by atoms with E-state index in [2.05, 4.69) is 10.1 Å². The maximum Gasteiger partial charge on any atom is 0.306 e. The fourth-order valence-electron chi connectivity index (χ4n) is 2.59. The van der Waals surface area contributed by atoms with Gasteiger partial charge in [-0.15, -0.1) is 0 Å². The van der Waals surface area contributed by atoms with E-state index in [1.54, 1.807) is 22.7 Å². The van der Waals surface area contributed by atoms with Crippen LogP contribution >= 0.6 is 11.3 Å². The molecule has 0 fully saturated rings. The zero-order chi connectivity index (χ0) is 17.3. The van der Waals surface area contributed by atoms with E-state index >= 15 is 0 Å². The van der Waals surface area contributed by atoms with Gasteiger partial charge in [0.25, 0.3) is 0 Å². The lowest BCUT2D eigenvalue weighted by atomic mass is 9.97. The van der Waals surface area contributed by atoms with Gasteiger partial charge in [0, 0.05) is 0 Å². The molecule has 0 aliphatic carbocycles. The Balaban J connectivity index is 1.65. The molecule has 0 bridgehead atoms. The fraction of sp³-hybridized carbons (Fsp3) is 0.353. The molecule has 126 valence electrons. The van der Waals surface area contributed by atoms with Gasteiger partial charge in [-0.25, -0.2) is 13.9 Å². The number of fused-ring (bicyclic) bond motifs is 1. The quantitative estimate of drug-likeness (QED) is 0.659. The van der Waals surface area contributed by atoms with E-state index in [1.165, 1.54) is 17.4 Å². The summed E-state index contributed by atoms with van der Waals surface area (Å²) in [5.41, 5.74) is 2.08. The summed E-state index contributed by atoms with van der Waals surface area (Å²) in [5, 5.41) is 5.26. The molecule has 1 atom stereocenters. The molecule has 1 aromatic carbocycles. The average molecular weight is 347 g/mol. The Morgan fingerprint density at radius 1 is 1.38 bits per heavy atom. The van der Waals surface area contributed by atoms with Crippen LogP contribution in [0.4, 0.5) is 4.39 Å². The summed E-state index contributed by atoms with van der Waals surface area (Å²) in [6.07, 6.45) is 0.123. The Hall–Kier alpha value is -2.28. The second kappa shape index (κ2) is 6.68. The highest BCUT2D eigenvalue weighted by Crippen LogP contribution is 2.23. The smallest absolute Gasteiger partial charge is 0.306 e. The molecule has 3 aromatic rings. The van der Waals surface area contributed by atoms with Crippen molar-refractivity contribution in [3.05, 3.63) is 52.0 Å². The lowest BCUT2D eigenvalue weighted by Crippen LogP contribution is -2.11. The van der Waals surface area contributed by atoms with Crippen LogP contribution in [0.3, 0.4) is 0 Å². The molecule has 0 saturated carbocycles. The van der Waals surface area contributed by atoms with Crippen LogP contribution in [0.5, 0.6) is 0 Å². The number of imidazole rings is 1. The number of hydrogen-bond donors (Lipinski definition) is 0. The molecule has 0 aliphatic rings. The first-order chi connectivity index (χ1) is 11.5.